The summed E-state index contributed by atoms with van der Waals surface area (Å²) >= 11 is 0. The van der Waals surface area contributed by atoms with Crippen LogP contribution >= 0.6 is 0 Å². The predicted molar refractivity (Wildman–Crippen MR) is 81.6 cm³/mol. The zero-order valence-corrected chi connectivity index (χ0v) is 11.9. The standard InChI is InChI=1S/C16H16N2O3/c1-3-12-8-6-7-11(2)15(12)17-16(19)13-9-4-5-10-14(13)18(20)21/h4-10H,3H2,1-2H3,(H,17,19). The van der Waals surface area contributed by atoms with Crippen molar-refractivity contribution in [2.24, 2.45) is 0 Å². The highest BCUT2D eigenvalue weighted by Crippen LogP contribution is 2.24. The van der Waals surface area contributed by atoms with Gasteiger partial charge in [0.05, 0.1) is 4.92 Å². The number of nitrogens with zero attached hydrogens (tertiary/aromatic N) is 1. The van der Waals surface area contributed by atoms with E-state index < -0.39 is 10.8 Å². The Bertz CT molecular complexity index is 696. The second-order valence-corrected chi connectivity index (χ2v) is 4.69. The molecule has 108 valence electrons. The smallest absolute Gasteiger partial charge is 0.282 e. The van der Waals surface area contributed by atoms with Crippen molar-refractivity contribution in [2.75, 3.05) is 5.32 Å². The maximum Gasteiger partial charge on any atom is 0.282 e. The summed E-state index contributed by atoms with van der Waals surface area (Å²) in [6.45, 7) is 3.89. The lowest BCUT2D eigenvalue weighted by Gasteiger charge is -2.13. The highest BCUT2D eigenvalue weighted by Gasteiger charge is 2.20. The van der Waals surface area contributed by atoms with Gasteiger partial charge < -0.3 is 5.32 Å². The molecule has 21 heavy (non-hydrogen) atoms. The average molecular weight is 284 g/mol. The number of nitro groups is 1. The fraction of sp³-hybridized carbons (Fsp3) is 0.188. The molecule has 0 saturated heterocycles. The van der Waals surface area contributed by atoms with Gasteiger partial charge in [0.15, 0.2) is 0 Å². The van der Waals surface area contributed by atoms with Crippen LogP contribution in [0.3, 0.4) is 0 Å². The van der Waals surface area contributed by atoms with Gasteiger partial charge in [-0.25, -0.2) is 0 Å². The van der Waals surface area contributed by atoms with Crippen molar-refractivity contribution in [2.45, 2.75) is 20.3 Å². The van der Waals surface area contributed by atoms with E-state index in [4.69, 9.17) is 0 Å². The number of hydrogen-bond donors (Lipinski definition) is 1. The van der Waals surface area contributed by atoms with Gasteiger partial charge in [0.1, 0.15) is 5.56 Å². The predicted octanol–water partition coefficient (Wildman–Crippen LogP) is 3.72. The van der Waals surface area contributed by atoms with Gasteiger partial charge in [-0.3, -0.25) is 14.9 Å². The number of nitrogens with one attached hydrogen (secondary N) is 1. The maximum atomic E-state index is 12.3. The monoisotopic (exact) mass is 284 g/mol. The number of amides is 1. The zero-order valence-electron chi connectivity index (χ0n) is 11.9. The van der Waals surface area contributed by atoms with Crippen molar-refractivity contribution < 1.29 is 9.72 Å². The Kier molecular flexibility index (Phi) is 4.33. The van der Waals surface area contributed by atoms with Gasteiger partial charge >= 0.3 is 0 Å². The van der Waals surface area contributed by atoms with Crippen LogP contribution in [0.2, 0.25) is 0 Å². The Hall–Kier alpha value is -2.69. The molecule has 0 fully saturated rings. The second kappa shape index (κ2) is 6.17. The molecule has 0 aliphatic heterocycles. The van der Waals surface area contributed by atoms with Crippen molar-refractivity contribution >= 4 is 17.3 Å². The molecule has 1 amide bonds. The first-order chi connectivity index (χ1) is 10.0. The molecule has 2 aromatic carbocycles. The first-order valence-corrected chi connectivity index (χ1v) is 6.67. The van der Waals surface area contributed by atoms with E-state index in [0.717, 1.165) is 23.2 Å². The van der Waals surface area contributed by atoms with E-state index in [0.29, 0.717) is 0 Å². The van der Waals surface area contributed by atoms with E-state index in [1.807, 2.05) is 32.0 Å². The lowest BCUT2D eigenvalue weighted by molar-refractivity contribution is -0.385. The molecule has 0 heterocycles. The summed E-state index contributed by atoms with van der Waals surface area (Å²) in [5.41, 5.74) is 2.53. The van der Waals surface area contributed by atoms with Gasteiger partial charge in [0, 0.05) is 11.8 Å². The van der Waals surface area contributed by atoms with E-state index in [1.165, 1.54) is 12.1 Å². The van der Waals surface area contributed by atoms with E-state index in [2.05, 4.69) is 5.32 Å². The van der Waals surface area contributed by atoms with E-state index in [-0.39, 0.29) is 11.3 Å². The molecule has 2 aromatic rings. The van der Waals surface area contributed by atoms with Crippen LogP contribution in [0.25, 0.3) is 0 Å². The topological polar surface area (TPSA) is 72.2 Å². The molecule has 0 atom stereocenters. The summed E-state index contributed by atoms with van der Waals surface area (Å²) in [5.74, 6) is -0.466. The highest BCUT2D eigenvalue weighted by molar-refractivity contribution is 6.07. The SMILES string of the molecule is CCc1cccc(C)c1NC(=O)c1ccccc1[N+](=O)[O-]. The highest BCUT2D eigenvalue weighted by atomic mass is 16.6. The van der Waals surface area contributed by atoms with Gasteiger partial charge in [-0.15, -0.1) is 0 Å². The van der Waals surface area contributed by atoms with E-state index in [9.17, 15) is 14.9 Å². The normalized spacial score (nSPS) is 10.2. The molecule has 0 radical (unpaired) electrons. The Morgan fingerprint density at radius 1 is 1.19 bits per heavy atom. The summed E-state index contributed by atoms with van der Waals surface area (Å²) in [6.07, 6.45) is 0.772. The molecule has 0 aliphatic carbocycles. The Morgan fingerprint density at radius 3 is 2.57 bits per heavy atom. The maximum absolute atomic E-state index is 12.3. The van der Waals surface area contributed by atoms with Crippen LogP contribution in [-0.4, -0.2) is 10.8 Å². The van der Waals surface area contributed by atoms with Crippen molar-refractivity contribution in [3.63, 3.8) is 0 Å². The van der Waals surface area contributed by atoms with Crippen molar-refractivity contribution in [3.8, 4) is 0 Å². The van der Waals surface area contributed by atoms with Crippen molar-refractivity contribution in [1.29, 1.82) is 0 Å². The quantitative estimate of drug-likeness (QED) is 0.687. The minimum absolute atomic E-state index is 0.0628. The summed E-state index contributed by atoms with van der Waals surface area (Å²) in [7, 11) is 0. The first kappa shape index (κ1) is 14.7. The number of carbonyl (C=O) groups is 1. The van der Waals surface area contributed by atoms with Gasteiger partial charge in [0.2, 0.25) is 0 Å². The molecule has 5 heteroatoms. The van der Waals surface area contributed by atoms with Crippen molar-refractivity contribution in [1.82, 2.24) is 0 Å². The fourth-order valence-corrected chi connectivity index (χ4v) is 2.21. The van der Waals surface area contributed by atoms with Crippen LogP contribution in [0.15, 0.2) is 42.5 Å². The van der Waals surface area contributed by atoms with Crippen LogP contribution < -0.4 is 5.32 Å². The van der Waals surface area contributed by atoms with Gasteiger partial charge in [-0.05, 0) is 30.5 Å². The number of benzene rings is 2. The van der Waals surface area contributed by atoms with Crippen molar-refractivity contribution in [3.05, 3.63) is 69.3 Å². The number of para-hydroxylation sites is 2. The Labute approximate surface area is 122 Å². The number of hydrogen-bond acceptors (Lipinski definition) is 3. The largest absolute Gasteiger partial charge is 0.321 e. The van der Waals surface area contributed by atoms with Gasteiger partial charge in [-0.1, -0.05) is 37.3 Å². The zero-order chi connectivity index (χ0) is 15.4. The average Bonchev–Trinajstić information content (AvgIpc) is 2.49. The summed E-state index contributed by atoms with van der Waals surface area (Å²) in [6, 6.07) is 11.7. The number of aryl methyl sites for hydroxylation is 2. The molecule has 0 saturated carbocycles. The molecule has 1 N–H and O–H groups in total. The molecule has 0 unspecified atom stereocenters. The number of carbonyl (C=O) groups excluding carboxylic acids is 1. The third-order valence-corrected chi connectivity index (χ3v) is 3.32. The van der Waals surface area contributed by atoms with E-state index >= 15 is 0 Å². The number of nitro benzene ring substituents is 1. The molecular formula is C16H16N2O3. The van der Waals surface area contributed by atoms with Crippen LogP contribution in [0, 0.1) is 17.0 Å². The minimum Gasteiger partial charge on any atom is -0.321 e. The molecule has 0 bridgehead atoms. The molecule has 5 nitrogen and oxygen atoms in total. The molecular weight excluding hydrogens is 268 g/mol. The van der Waals surface area contributed by atoms with Crippen LogP contribution in [0.1, 0.15) is 28.4 Å². The Morgan fingerprint density at radius 2 is 1.90 bits per heavy atom. The third kappa shape index (κ3) is 3.08. The lowest BCUT2D eigenvalue weighted by atomic mass is 10.0. The number of anilines is 1. The number of rotatable bonds is 4. The van der Waals surface area contributed by atoms with E-state index in [1.54, 1.807) is 12.1 Å². The lowest BCUT2D eigenvalue weighted by Crippen LogP contribution is -2.15. The van der Waals surface area contributed by atoms with Crippen LogP contribution in [0.4, 0.5) is 11.4 Å². The van der Waals surface area contributed by atoms with Crippen LogP contribution in [0.5, 0.6) is 0 Å². The molecule has 0 spiro atoms. The minimum atomic E-state index is -0.548. The van der Waals surface area contributed by atoms with Gasteiger partial charge in [-0.2, -0.15) is 0 Å². The van der Waals surface area contributed by atoms with Crippen LogP contribution in [-0.2, 0) is 6.42 Å². The Balaban J connectivity index is 2.38. The summed E-state index contributed by atoms with van der Waals surface area (Å²) < 4.78 is 0. The fourth-order valence-electron chi connectivity index (χ4n) is 2.21. The summed E-state index contributed by atoms with van der Waals surface area (Å²) in [4.78, 5) is 22.8. The molecule has 0 aliphatic rings. The molecule has 0 aromatic heterocycles. The first-order valence-electron chi connectivity index (χ1n) is 6.67. The summed E-state index contributed by atoms with van der Waals surface area (Å²) in [5, 5.41) is 13.8. The molecule has 2 rings (SSSR count). The van der Waals surface area contributed by atoms with Gasteiger partial charge in [0.25, 0.3) is 11.6 Å². The second-order valence-electron chi connectivity index (χ2n) is 4.69. The third-order valence-electron chi connectivity index (χ3n) is 3.32.